The molecule has 3 nitrogen and oxygen atoms in total. The van der Waals surface area contributed by atoms with E-state index in [1.165, 1.54) is 77.0 Å². The first-order valence-electron chi connectivity index (χ1n) is 8.95. The Morgan fingerprint density at radius 3 is 1.23 bits per heavy atom. The average Bonchev–Trinajstić information content (AvgIpc) is 2.44. The Labute approximate surface area is 150 Å². The summed E-state index contributed by atoms with van der Waals surface area (Å²) in [6.07, 6.45) is 18.5. The van der Waals surface area contributed by atoms with E-state index >= 15 is 0 Å². The van der Waals surface area contributed by atoms with Crippen LogP contribution in [-0.4, -0.2) is 22.1 Å². The van der Waals surface area contributed by atoms with Gasteiger partial charge in [-0.1, -0.05) is 77.6 Å². The standard InChI is InChI=1S/C17H38O2P.BrH.H3N/c1-3-5-6-7-8-9-10-11-12-13-14-15-16-17-20(18,19)4-2;;/h18-19H,3-17H2,1-2H3;1H;1H3/q+1;;. The van der Waals surface area contributed by atoms with E-state index in [-0.39, 0.29) is 23.1 Å². The van der Waals surface area contributed by atoms with Crippen LogP contribution in [0.1, 0.15) is 97.3 Å². The van der Waals surface area contributed by atoms with Gasteiger partial charge in [0, 0.05) is 0 Å². The van der Waals surface area contributed by atoms with Crippen molar-refractivity contribution in [2.24, 2.45) is 0 Å². The normalized spacial score (nSPS) is 10.9. The van der Waals surface area contributed by atoms with Crippen molar-refractivity contribution in [3.63, 3.8) is 0 Å². The van der Waals surface area contributed by atoms with Gasteiger partial charge in [0.25, 0.3) is 7.72 Å². The second-order valence-corrected chi connectivity index (χ2v) is 9.00. The summed E-state index contributed by atoms with van der Waals surface area (Å²) in [4.78, 5) is 19.1. The van der Waals surface area contributed by atoms with Gasteiger partial charge in [0.15, 0.2) is 0 Å². The highest BCUT2D eigenvalue weighted by Gasteiger charge is 2.28. The Kier molecular flexibility index (Phi) is 24.9. The summed E-state index contributed by atoms with van der Waals surface area (Å²) in [5.41, 5.74) is 0. The maximum absolute atomic E-state index is 9.57. The van der Waals surface area contributed by atoms with E-state index in [9.17, 15) is 9.79 Å². The largest absolute Gasteiger partial charge is 0.344 e. The first kappa shape index (κ1) is 27.6. The highest BCUT2D eigenvalue weighted by Crippen LogP contribution is 2.49. The molecule has 0 radical (unpaired) electrons. The van der Waals surface area contributed by atoms with Crippen LogP contribution in [0.3, 0.4) is 0 Å². The zero-order chi connectivity index (χ0) is 15.1. The van der Waals surface area contributed by atoms with Crippen LogP contribution in [0, 0.1) is 0 Å². The fraction of sp³-hybridized carbons (Fsp3) is 1.00. The molecule has 0 saturated heterocycles. The molecular formula is C17H42BrNO2P+. The molecule has 0 aromatic heterocycles. The van der Waals surface area contributed by atoms with Crippen molar-refractivity contribution in [1.29, 1.82) is 0 Å². The van der Waals surface area contributed by atoms with E-state index in [2.05, 4.69) is 6.92 Å². The van der Waals surface area contributed by atoms with Crippen LogP contribution in [0.25, 0.3) is 0 Å². The van der Waals surface area contributed by atoms with Gasteiger partial charge in [-0.05, 0) is 19.8 Å². The Morgan fingerprint density at radius 2 is 0.909 bits per heavy atom. The van der Waals surface area contributed by atoms with E-state index in [4.69, 9.17) is 0 Å². The summed E-state index contributed by atoms with van der Waals surface area (Å²) >= 11 is 0. The Balaban J connectivity index is -0.00000180. The summed E-state index contributed by atoms with van der Waals surface area (Å²) in [5.74, 6) is 0. The molecule has 0 spiro atoms. The van der Waals surface area contributed by atoms with Crippen molar-refractivity contribution in [3.8, 4) is 0 Å². The molecule has 0 atom stereocenters. The van der Waals surface area contributed by atoms with Gasteiger partial charge in [-0.2, -0.15) is 0 Å². The van der Waals surface area contributed by atoms with Gasteiger partial charge in [0.05, 0.1) is 0 Å². The lowest BCUT2D eigenvalue weighted by Crippen LogP contribution is -1.99. The van der Waals surface area contributed by atoms with E-state index < -0.39 is 7.72 Å². The summed E-state index contributed by atoms with van der Waals surface area (Å²) in [6.45, 7) is 4.14. The highest BCUT2D eigenvalue weighted by atomic mass is 79.9. The van der Waals surface area contributed by atoms with Crippen molar-refractivity contribution in [2.45, 2.75) is 97.3 Å². The maximum Gasteiger partial charge on any atom is 0.267 e. The minimum Gasteiger partial charge on any atom is -0.344 e. The molecule has 5 N–H and O–H groups in total. The fourth-order valence-corrected chi connectivity index (χ4v) is 3.59. The van der Waals surface area contributed by atoms with Crippen LogP contribution < -0.4 is 6.15 Å². The minimum atomic E-state index is -2.51. The van der Waals surface area contributed by atoms with Gasteiger partial charge in [-0.25, -0.2) is 9.79 Å². The average molecular weight is 403 g/mol. The van der Waals surface area contributed by atoms with Crippen molar-refractivity contribution < 1.29 is 9.79 Å². The zero-order valence-electron chi connectivity index (χ0n) is 15.1. The van der Waals surface area contributed by atoms with Crippen molar-refractivity contribution in [3.05, 3.63) is 0 Å². The minimum absolute atomic E-state index is 0. The van der Waals surface area contributed by atoms with Gasteiger partial charge >= 0.3 is 0 Å². The molecule has 0 unspecified atom stereocenters. The van der Waals surface area contributed by atoms with Crippen LogP contribution >= 0.6 is 24.7 Å². The summed E-state index contributed by atoms with van der Waals surface area (Å²) in [6, 6.07) is 0. The van der Waals surface area contributed by atoms with Crippen LogP contribution in [0.2, 0.25) is 0 Å². The third-order valence-corrected chi connectivity index (χ3v) is 6.17. The lowest BCUT2D eigenvalue weighted by Gasteiger charge is -2.09. The molecule has 0 aromatic rings. The summed E-state index contributed by atoms with van der Waals surface area (Å²) < 4.78 is 0. The van der Waals surface area contributed by atoms with Crippen LogP contribution in [0.15, 0.2) is 0 Å². The van der Waals surface area contributed by atoms with Crippen molar-refractivity contribution in [1.82, 2.24) is 6.15 Å². The molecule has 0 bridgehead atoms. The summed E-state index contributed by atoms with van der Waals surface area (Å²) in [7, 11) is -2.51. The zero-order valence-corrected chi connectivity index (χ0v) is 17.7. The first-order valence-corrected chi connectivity index (χ1v) is 11.0. The van der Waals surface area contributed by atoms with Crippen LogP contribution in [0.4, 0.5) is 0 Å². The second-order valence-electron chi connectivity index (χ2n) is 6.16. The fourth-order valence-electron chi connectivity index (χ4n) is 2.54. The quantitative estimate of drug-likeness (QED) is 0.211. The molecule has 22 heavy (non-hydrogen) atoms. The smallest absolute Gasteiger partial charge is 0.267 e. The third kappa shape index (κ3) is 20.8. The maximum atomic E-state index is 9.57. The van der Waals surface area contributed by atoms with Gasteiger partial charge in [0.1, 0.15) is 12.3 Å². The topological polar surface area (TPSA) is 75.5 Å². The predicted molar refractivity (Wildman–Crippen MR) is 108 cm³/mol. The van der Waals surface area contributed by atoms with Gasteiger partial charge in [-0.15, -0.1) is 17.0 Å². The monoisotopic (exact) mass is 402 g/mol. The number of unbranched alkanes of at least 4 members (excludes halogenated alkanes) is 12. The SMILES string of the molecule is Br.CCCCCCCCCCCCCCC[P+](O)(O)CC.N. The number of halogens is 1. The summed E-state index contributed by atoms with van der Waals surface area (Å²) in [5, 5.41) is 0. The number of hydrogen-bond donors (Lipinski definition) is 3. The van der Waals surface area contributed by atoms with Crippen molar-refractivity contribution >= 4 is 24.7 Å². The van der Waals surface area contributed by atoms with Crippen LogP contribution in [-0.2, 0) is 0 Å². The molecular weight excluding hydrogens is 361 g/mol. The Morgan fingerprint density at radius 1 is 0.591 bits per heavy atom. The van der Waals surface area contributed by atoms with E-state index in [0.717, 1.165) is 6.42 Å². The van der Waals surface area contributed by atoms with E-state index in [0.29, 0.717) is 12.3 Å². The molecule has 0 fully saturated rings. The highest BCUT2D eigenvalue weighted by molar-refractivity contribution is 8.93. The molecule has 0 aliphatic rings. The molecule has 138 valence electrons. The predicted octanol–water partition coefficient (Wildman–Crippen LogP) is 6.67. The molecule has 5 heteroatoms. The molecule has 0 rings (SSSR count). The number of hydrogen-bond acceptors (Lipinski definition) is 3. The molecule has 0 amide bonds. The first-order chi connectivity index (χ1) is 9.62. The second kappa shape index (κ2) is 19.8. The van der Waals surface area contributed by atoms with Gasteiger partial charge in [0.2, 0.25) is 0 Å². The van der Waals surface area contributed by atoms with E-state index in [1.54, 1.807) is 0 Å². The Hall–Kier alpha value is 0.790. The third-order valence-electron chi connectivity index (χ3n) is 4.13. The Bertz CT molecular complexity index is 207. The lowest BCUT2D eigenvalue weighted by atomic mass is 10.1. The molecule has 0 aromatic carbocycles. The van der Waals surface area contributed by atoms with Crippen LogP contribution in [0.5, 0.6) is 0 Å². The molecule has 0 saturated carbocycles. The lowest BCUT2D eigenvalue weighted by molar-refractivity contribution is 0.446. The molecule has 0 aliphatic heterocycles. The van der Waals surface area contributed by atoms with Gasteiger partial charge in [-0.3, -0.25) is 0 Å². The molecule has 0 aliphatic carbocycles. The van der Waals surface area contributed by atoms with Gasteiger partial charge < -0.3 is 6.15 Å². The van der Waals surface area contributed by atoms with Crippen molar-refractivity contribution in [2.75, 3.05) is 12.3 Å². The van der Waals surface area contributed by atoms with E-state index in [1.807, 2.05) is 6.92 Å². The molecule has 0 heterocycles. The number of rotatable bonds is 15.